The molecule has 3 nitrogen and oxygen atoms in total. The largest absolute Gasteiger partial charge is 0.474 e. The van der Waals surface area contributed by atoms with Crippen LogP contribution in [-0.4, -0.2) is 16.1 Å². The maximum Gasteiger partial charge on any atom is 0.225 e. The number of fused-ring (bicyclic) bond motifs is 3. The lowest BCUT2D eigenvalue weighted by Gasteiger charge is -2.26. The van der Waals surface area contributed by atoms with Crippen molar-refractivity contribution < 1.29 is 4.74 Å². The molecule has 2 aliphatic rings. The van der Waals surface area contributed by atoms with E-state index in [4.69, 9.17) is 4.74 Å². The fraction of sp³-hybridized carbons (Fsp3) is 0.625. The first kappa shape index (κ1) is 12.6. The van der Waals surface area contributed by atoms with Crippen molar-refractivity contribution in [3.8, 4) is 5.88 Å². The topological polar surface area (TPSA) is 35.0 Å². The molecule has 106 valence electrons. The Kier molecular flexibility index (Phi) is 3.14. The summed E-state index contributed by atoms with van der Waals surface area (Å²) in [4.78, 5) is 11.5. The average molecular weight is 288 g/mol. The minimum atomic E-state index is 0.348. The van der Waals surface area contributed by atoms with Gasteiger partial charge in [0.2, 0.25) is 5.88 Å². The van der Waals surface area contributed by atoms with E-state index in [1.807, 2.05) is 11.3 Å². The fourth-order valence-electron chi connectivity index (χ4n) is 3.49. The lowest BCUT2D eigenvalue weighted by atomic mass is 9.89. The normalized spacial score (nSPS) is 25.9. The Labute approximate surface area is 123 Å². The van der Waals surface area contributed by atoms with Gasteiger partial charge in [-0.2, -0.15) is 0 Å². The Morgan fingerprint density at radius 2 is 2.00 bits per heavy atom. The molecule has 0 N–H and O–H groups in total. The molecule has 2 aromatic heterocycles. The summed E-state index contributed by atoms with van der Waals surface area (Å²) in [5.41, 5.74) is 1.46. The second kappa shape index (κ2) is 4.99. The number of thiophene rings is 1. The van der Waals surface area contributed by atoms with Gasteiger partial charge in [-0.15, -0.1) is 11.3 Å². The fourth-order valence-corrected chi connectivity index (χ4v) is 4.71. The van der Waals surface area contributed by atoms with Crippen molar-refractivity contribution in [3.63, 3.8) is 0 Å². The molecule has 20 heavy (non-hydrogen) atoms. The van der Waals surface area contributed by atoms with Crippen LogP contribution in [0, 0.1) is 5.92 Å². The monoisotopic (exact) mass is 288 g/mol. The maximum absolute atomic E-state index is 6.26. The van der Waals surface area contributed by atoms with E-state index in [1.165, 1.54) is 60.8 Å². The Morgan fingerprint density at radius 3 is 2.85 bits per heavy atom. The summed E-state index contributed by atoms with van der Waals surface area (Å²) in [5.74, 6) is 1.69. The zero-order valence-electron chi connectivity index (χ0n) is 11.9. The zero-order valence-corrected chi connectivity index (χ0v) is 12.7. The van der Waals surface area contributed by atoms with Crippen LogP contribution < -0.4 is 4.74 Å². The van der Waals surface area contributed by atoms with Gasteiger partial charge in [-0.1, -0.05) is 6.92 Å². The van der Waals surface area contributed by atoms with E-state index in [0.717, 1.165) is 16.6 Å². The molecular weight excluding hydrogens is 268 g/mol. The van der Waals surface area contributed by atoms with E-state index in [0.29, 0.717) is 6.10 Å². The van der Waals surface area contributed by atoms with Gasteiger partial charge in [0, 0.05) is 4.88 Å². The number of aromatic nitrogens is 2. The van der Waals surface area contributed by atoms with E-state index in [9.17, 15) is 0 Å². The first-order valence-corrected chi connectivity index (χ1v) is 8.55. The van der Waals surface area contributed by atoms with Crippen LogP contribution in [0.15, 0.2) is 6.33 Å². The van der Waals surface area contributed by atoms with E-state index in [-0.39, 0.29) is 0 Å². The summed E-state index contributed by atoms with van der Waals surface area (Å²) in [6.45, 7) is 2.34. The third-order valence-corrected chi connectivity index (χ3v) is 5.91. The summed E-state index contributed by atoms with van der Waals surface area (Å²) in [6, 6.07) is 0. The quantitative estimate of drug-likeness (QED) is 0.833. The molecule has 0 amide bonds. The number of rotatable bonds is 2. The van der Waals surface area contributed by atoms with Crippen molar-refractivity contribution in [2.24, 2.45) is 5.92 Å². The van der Waals surface area contributed by atoms with Crippen LogP contribution in [0.2, 0.25) is 0 Å². The average Bonchev–Trinajstić information content (AvgIpc) is 3.02. The second-order valence-electron chi connectivity index (χ2n) is 6.22. The molecule has 2 aromatic rings. The zero-order chi connectivity index (χ0) is 13.5. The molecule has 4 heteroatoms. The van der Waals surface area contributed by atoms with Crippen LogP contribution in [0.1, 0.15) is 49.5 Å². The highest BCUT2D eigenvalue weighted by atomic mass is 32.1. The lowest BCUT2D eigenvalue weighted by Crippen LogP contribution is -2.23. The van der Waals surface area contributed by atoms with E-state index < -0.39 is 0 Å². The molecule has 0 aliphatic heterocycles. The van der Waals surface area contributed by atoms with Crippen molar-refractivity contribution in [1.82, 2.24) is 9.97 Å². The minimum Gasteiger partial charge on any atom is -0.474 e. The Balaban J connectivity index is 1.66. The SMILES string of the molecule is CC1CCC(Oc2ncnc3sc4c(c23)CCC4)CC1. The third kappa shape index (κ3) is 2.10. The number of hydrogen-bond donors (Lipinski definition) is 0. The first-order chi connectivity index (χ1) is 9.81. The van der Waals surface area contributed by atoms with Crippen molar-refractivity contribution >= 4 is 21.6 Å². The molecular formula is C16H20N2OS. The van der Waals surface area contributed by atoms with E-state index in [1.54, 1.807) is 6.33 Å². The van der Waals surface area contributed by atoms with E-state index >= 15 is 0 Å². The van der Waals surface area contributed by atoms with Gasteiger partial charge >= 0.3 is 0 Å². The number of hydrogen-bond acceptors (Lipinski definition) is 4. The summed E-state index contributed by atoms with van der Waals surface area (Å²) < 4.78 is 6.26. The molecule has 4 rings (SSSR count). The molecule has 0 bridgehead atoms. The van der Waals surface area contributed by atoms with Gasteiger partial charge in [-0.3, -0.25) is 0 Å². The van der Waals surface area contributed by atoms with Crippen LogP contribution in [-0.2, 0) is 12.8 Å². The summed E-state index contributed by atoms with van der Waals surface area (Å²) in [5, 5.41) is 1.21. The van der Waals surface area contributed by atoms with Crippen LogP contribution in [0.3, 0.4) is 0 Å². The predicted molar refractivity (Wildman–Crippen MR) is 81.5 cm³/mol. The highest BCUT2D eigenvalue weighted by Crippen LogP contribution is 2.40. The summed E-state index contributed by atoms with van der Waals surface area (Å²) >= 11 is 1.83. The van der Waals surface area contributed by atoms with Gasteiger partial charge in [0.05, 0.1) is 5.39 Å². The minimum absolute atomic E-state index is 0.348. The predicted octanol–water partition coefficient (Wildman–Crippen LogP) is 4.14. The molecule has 2 heterocycles. The van der Waals surface area contributed by atoms with Gasteiger partial charge in [0.1, 0.15) is 17.3 Å². The molecule has 2 aliphatic carbocycles. The molecule has 0 spiro atoms. The number of ether oxygens (including phenoxy) is 1. The molecule has 0 saturated heterocycles. The van der Waals surface area contributed by atoms with Crippen LogP contribution in [0.5, 0.6) is 5.88 Å². The van der Waals surface area contributed by atoms with Gasteiger partial charge in [0.25, 0.3) is 0 Å². The molecule has 1 fully saturated rings. The molecule has 0 aromatic carbocycles. The highest BCUT2D eigenvalue weighted by Gasteiger charge is 2.25. The van der Waals surface area contributed by atoms with Crippen molar-refractivity contribution in [2.75, 3.05) is 0 Å². The first-order valence-electron chi connectivity index (χ1n) is 7.73. The highest BCUT2D eigenvalue weighted by molar-refractivity contribution is 7.18. The van der Waals surface area contributed by atoms with Crippen molar-refractivity contribution in [3.05, 3.63) is 16.8 Å². The number of aryl methyl sites for hydroxylation is 2. The molecule has 0 unspecified atom stereocenters. The molecule has 1 saturated carbocycles. The molecule has 0 radical (unpaired) electrons. The van der Waals surface area contributed by atoms with Crippen LogP contribution >= 0.6 is 11.3 Å². The van der Waals surface area contributed by atoms with Gasteiger partial charge in [0.15, 0.2) is 0 Å². The maximum atomic E-state index is 6.26. The Hall–Kier alpha value is -1.16. The van der Waals surface area contributed by atoms with E-state index in [2.05, 4.69) is 16.9 Å². The van der Waals surface area contributed by atoms with Gasteiger partial charge < -0.3 is 4.74 Å². The summed E-state index contributed by atoms with van der Waals surface area (Å²) in [7, 11) is 0. The van der Waals surface area contributed by atoms with Crippen LogP contribution in [0.4, 0.5) is 0 Å². The van der Waals surface area contributed by atoms with Crippen LogP contribution in [0.25, 0.3) is 10.2 Å². The third-order valence-electron chi connectivity index (χ3n) is 4.71. The van der Waals surface area contributed by atoms with Crippen molar-refractivity contribution in [1.29, 1.82) is 0 Å². The van der Waals surface area contributed by atoms with Crippen molar-refractivity contribution in [2.45, 2.75) is 58.0 Å². The Morgan fingerprint density at radius 1 is 1.15 bits per heavy atom. The van der Waals surface area contributed by atoms with Gasteiger partial charge in [-0.05, 0) is 56.4 Å². The second-order valence-corrected chi connectivity index (χ2v) is 7.30. The standard InChI is InChI=1S/C16H20N2OS/c1-10-5-7-11(8-6-10)19-15-14-12-3-2-4-13(12)20-16(14)18-9-17-15/h9-11H,2-8H2,1H3. The molecule has 0 atom stereocenters. The summed E-state index contributed by atoms with van der Waals surface area (Å²) in [6.07, 6.45) is 10.5. The lowest BCUT2D eigenvalue weighted by molar-refractivity contribution is 0.132. The smallest absolute Gasteiger partial charge is 0.225 e. The number of nitrogens with zero attached hydrogens (tertiary/aromatic N) is 2. The van der Waals surface area contributed by atoms with Gasteiger partial charge in [-0.25, -0.2) is 9.97 Å². The Bertz CT molecular complexity index is 629.